The Kier molecular flexibility index (Phi) is 5.15. The van der Waals surface area contributed by atoms with Crippen molar-refractivity contribution in [2.75, 3.05) is 0 Å². The Morgan fingerprint density at radius 2 is 1.93 bits per heavy atom. The van der Waals surface area contributed by atoms with Crippen LogP contribution in [-0.2, 0) is 7.05 Å². The van der Waals surface area contributed by atoms with Crippen LogP contribution in [-0.4, -0.2) is 39.3 Å². The van der Waals surface area contributed by atoms with E-state index in [1.807, 2.05) is 44.3 Å². The molecule has 0 bridgehead atoms. The van der Waals surface area contributed by atoms with E-state index in [0.717, 1.165) is 34.3 Å². The summed E-state index contributed by atoms with van der Waals surface area (Å²) in [5.74, 6) is 0.261. The number of aryl methyl sites for hydroxylation is 2. The van der Waals surface area contributed by atoms with Crippen LogP contribution in [0.15, 0.2) is 59.5 Å². The lowest BCUT2D eigenvalue weighted by atomic mass is 10.0. The maximum absolute atomic E-state index is 15.3. The first-order valence-corrected chi connectivity index (χ1v) is 13.9. The molecule has 0 saturated heterocycles. The summed E-state index contributed by atoms with van der Waals surface area (Å²) in [7, 11) is 1.86. The molecule has 1 fully saturated rings. The van der Waals surface area contributed by atoms with E-state index in [4.69, 9.17) is 28.2 Å². The van der Waals surface area contributed by atoms with Crippen LogP contribution in [0.3, 0.4) is 0 Å². The highest BCUT2D eigenvalue weighted by Gasteiger charge is 2.54. The average molecular weight is 587 g/mol. The zero-order valence-electron chi connectivity index (χ0n) is 21.8. The molecule has 1 aliphatic carbocycles. The van der Waals surface area contributed by atoms with Gasteiger partial charge in [-0.1, -0.05) is 40.5 Å². The Hall–Kier alpha value is -4.28. The van der Waals surface area contributed by atoms with Crippen LogP contribution in [0, 0.1) is 18.8 Å². The summed E-state index contributed by atoms with van der Waals surface area (Å²) < 4.78 is 20.4. The van der Waals surface area contributed by atoms with Gasteiger partial charge in [-0.15, -0.1) is 5.10 Å². The number of H-pyrrole nitrogens is 1. The molecule has 3 atom stereocenters. The van der Waals surface area contributed by atoms with Gasteiger partial charge in [-0.2, -0.15) is 9.49 Å². The van der Waals surface area contributed by atoms with Crippen molar-refractivity contribution >= 4 is 34.1 Å². The first kappa shape index (κ1) is 24.5. The highest BCUT2D eigenvalue weighted by atomic mass is 35.5. The molecule has 6 aromatic rings. The maximum Gasteiger partial charge on any atom is 0.252 e. The molecule has 5 heterocycles. The summed E-state index contributed by atoms with van der Waals surface area (Å²) >= 11 is 12.4. The van der Waals surface area contributed by atoms with Crippen LogP contribution in [0.4, 0.5) is 4.39 Å². The van der Waals surface area contributed by atoms with Crippen LogP contribution >= 0.6 is 23.2 Å². The Balaban J connectivity index is 1.21. The number of pyridine rings is 1. The maximum atomic E-state index is 15.3. The van der Waals surface area contributed by atoms with Crippen molar-refractivity contribution in [3.63, 3.8) is 0 Å². The van der Waals surface area contributed by atoms with Crippen LogP contribution in [0.5, 0.6) is 0 Å². The molecular weight excluding hydrogens is 566 g/mol. The van der Waals surface area contributed by atoms with E-state index >= 15 is 4.39 Å². The summed E-state index contributed by atoms with van der Waals surface area (Å²) in [5.41, 5.74) is 5.52. The van der Waals surface area contributed by atoms with E-state index < -0.39 is 5.95 Å². The van der Waals surface area contributed by atoms with Crippen LogP contribution in [0.25, 0.3) is 39.0 Å². The number of benzene rings is 2. The first-order valence-electron chi connectivity index (χ1n) is 13.1. The second-order valence-electron chi connectivity index (χ2n) is 10.7. The number of halogens is 3. The standard InChI is InChI=1S/C29H21Cl2FN8O/c1-13-17-5-3-14(7-22(17)38(2)36-13)26-28(32)34-29(33-26)27-20-11-19(20)23-8-15(9-25(41)40(23)27)18-10-16(30)4-6-21(18)39-12-24(31)35-37-39/h3-10,12,19-20,27H,11H2,1-2H3,(H,33,34). The van der Waals surface area contributed by atoms with Gasteiger partial charge in [0.05, 0.1) is 29.1 Å². The van der Waals surface area contributed by atoms with Crippen molar-refractivity contribution in [3.8, 4) is 28.1 Å². The van der Waals surface area contributed by atoms with Gasteiger partial charge in [-0.25, -0.2) is 9.67 Å². The topological polar surface area (TPSA) is 99.2 Å². The summed E-state index contributed by atoms with van der Waals surface area (Å²) in [6.07, 6.45) is 2.49. The number of nitrogens with zero attached hydrogens (tertiary/aromatic N) is 7. The molecule has 1 saturated carbocycles. The Bertz CT molecular complexity index is 2110. The molecule has 9 nitrogen and oxygen atoms in total. The highest BCUT2D eigenvalue weighted by molar-refractivity contribution is 6.31. The average Bonchev–Trinajstić information content (AvgIpc) is 3.17. The smallest absolute Gasteiger partial charge is 0.252 e. The van der Waals surface area contributed by atoms with Crippen LogP contribution < -0.4 is 5.56 Å². The summed E-state index contributed by atoms with van der Waals surface area (Å²) in [6.45, 7) is 1.94. The van der Waals surface area contributed by atoms with E-state index in [1.165, 1.54) is 0 Å². The van der Waals surface area contributed by atoms with E-state index in [0.29, 0.717) is 27.7 Å². The van der Waals surface area contributed by atoms with E-state index in [2.05, 4.69) is 20.4 Å². The van der Waals surface area contributed by atoms with Gasteiger partial charge >= 0.3 is 0 Å². The van der Waals surface area contributed by atoms with Crippen molar-refractivity contribution in [1.29, 1.82) is 0 Å². The minimum atomic E-state index is -0.524. The minimum absolute atomic E-state index is 0.159. The summed E-state index contributed by atoms with van der Waals surface area (Å²) in [4.78, 5) is 21.2. The fourth-order valence-electron chi connectivity index (χ4n) is 6.35. The largest absolute Gasteiger partial charge is 0.317 e. The molecule has 1 N–H and O–H groups in total. The number of aromatic amines is 1. The summed E-state index contributed by atoms with van der Waals surface area (Å²) in [5, 5.41) is 14.2. The number of hydrogen-bond donors (Lipinski definition) is 1. The Morgan fingerprint density at radius 3 is 2.73 bits per heavy atom. The molecule has 0 spiro atoms. The van der Waals surface area contributed by atoms with E-state index in [1.54, 1.807) is 38.3 Å². The molecule has 3 unspecified atom stereocenters. The number of fused-ring (bicyclic) bond motifs is 4. The number of nitrogens with one attached hydrogen (secondary N) is 1. The normalized spacial score (nSPS) is 19.1. The highest BCUT2D eigenvalue weighted by Crippen LogP contribution is 2.60. The van der Waals surface area contributed by atoms with Gasteiger partial charge in [0.1, 0.15) is 11.5 Å². The third-order valence-corrected chi connectivity index (χ3v) is 8.66. The number of hydrogen-bond acceptors (Lipinski definition) is 5. The molecule has 0 radical (unpaired) electrons. The Labute approximate surface area is 242 Å². The zero-order valence-corrected chi connectivity index (χ0v) is 23.3. The fourth-order valence-corrected chi connectivity index (χ4v) is 6.64. The van der Waals surface area contributed by atoms with Gasteiger partial charge in [0.2, 0.25) is 5.95 Å². The second-order valence-corrected chi connectivity index (χ2v) is 11.5. The lowest BCUT2D eigenvalue weighted by Crippen LogP contribution is -2.26. The molecule has 0 amide bonds. The number of imidazole rings is 1. The van der Waals surface area contributed by atoms with E-state index in [9.17, 15) is 4.79 Å². The Morgan fingerprint density at radius 1 is 1.07 bits per heavy atom. The summed E-state index contributed by atoms with van der Waals surface area (Å²) in [6, 6.07) is 14.3. The van der Waals surface area contributed by atoms with Gasteiger partial charge in [0.25, 0.3) is 5.56 Å². The second kappa shape index (κ2) is 8.61. The van der Waals surface area contributed by atoms with Crippen LogP contribution in [0.1, 0.15) is 35.6 Å². The predicted octanol–water partition coefficient (Wildman–Crippen LogP) is 5.83. The lowest BCUT2D eigenvalue weighted by molar-refractivity contribution is 0.504. The molecule has 12 heteroatoms. The quantitative estimate of drug-likeness (QED) is 0.280. The van der Waals surface area contributed by atoms with Gasteiger partial charge in [-0.3, -0.25) is 9.48 Å². The predicted molar refractivity (Wildman–Crippen MR) is 153 cm³/mol. The van der Waals surface area contributed by atoms with Crippen molar-refractivity contribution in [1.82, 2.24) is 39.3 Å². The van der Waals surface area contributed by atoms with Crippen molar-refractivity contribution in [2.24, 2.45) is 13.0 Å². The molecule has 204 valence electrons. The van der Waals surface area contributed by atoms with Crippen molar-refractivity contribution in [2.45, 2.75) is 25.3 Å². The fraction of sp³-hybridized carbons (Fsp3) is 0.207. The monoisotopic (exact) mass is 586 g/mol. The third kappa shape index (κ3) is 3.70. The van der Waals surface area contributed by atoms with Gasteiger partial charge in [0, 0.05) is 46.3 Å². The zero-order chi connectivity index (χ0) is 28.2. The minimum Gasteiger partial charge on any atom is -0.317 e. The molecule has 2 aliphatic rings. The molecule has 1 aliphatic heterocycles. The SMILES string of the molecule is Cc1nn(C)c2cc(-c3nc(C4C5CC5c5cc(-c6cc(Cl)ccc6-n6cc(Cl)nn6)cc(=O)n54)[nH]c3F)ccc12. The molecule has 2 aromatic carbocycles. The third-order valence-electron chi connectivity index (χ3n) is 8.25. The van der Waals surface area contributed by atoms with E-state index in [-0.39, 0.29) is 34.3 Å². The van der Waals surface area contributed by atoms with Crippen LogP contribution in [0.2, 0.25) is 10.2 Å². The molecule has 4 aromatic heterocycles. The lowest BCUT2D eigenvalue weighted by Gasteiger charge is -2.17. The molecule has 41 heavy (non-hydrogen) atoms. The first-order chi connectivity index (χ1) is 19.8. The van der Waals surface area contributed by atoms with Crippen molar-refractivity contribution in [3.05, 3.63) is 98.4 Å². The van der Waals surface area contributed by atoms with Gasteiger partial charge in [0.15, 0.2) is 5.15 Å². The van der Waals surface area contributed by atoms with Gasteiger partial charge < -0.3 is 9.55 Å². The molecule has 8 rings (SSSR count). The number of rotatable bonds is 4. The van der Waals surface area contributed by atoms with Crippen molar-refractivity contribution < 1.29 is 4.39 Å². The molecular formula is C29H21Cl2FN8O. The van der Waals surface area contributed by atoms with Gasteiger partial charge in [-0.05, 0) is 55.2 Å². The number of aromatic nitrogens is 8.